The maximum atomic E-state index is 12.4. The van der Waals surface area contributed by atoms with E-state index in [-0.39, 0.29) is 12.8 Å². The van der Waals surface area contributed by atoms with Gasteiger partial charge in [0.15, 0.2) is 8.68 Å². The lowest BCUT2D eigenvalue weighted by molar-refractivity contribution is -0.139. The Labute approximate surface area is 253 Å². The van der Waals surface area contributed by atoms with Crippen LogP contribution >= 0.6 is 46.8 Å². The maximum absolute atomic E-state index is 12.4. The minimum absolute atomic E-state index is 0.0585. The van der Waals surface area contributed by atoms with Crippen LogP contribution in [0.2, 0.25) is 0 Å². The Kier molecular flexibility index (Phi) is 10.9. The number of aromatic nitrogens is 2. The first-order valence-corrected chi connectivity index (χ1v) is 17.1. The first-order chi connectivity index (χ1) is 19.4. The molecule has 0 N–H and O–H groups in total. The zero-order valence-electron chi connectivity index (χ0n) is 24.0. The van der Waals surface area contributed by atoms with Crippen LogP contribution in [0.1, 0.15) is 87.8 Å². The van der Waals surface area contributed by atoms with Crippen molar-refractivity contribution in [2.24, 2.45) is 0 Å². The highest BCUT2D eigenvalue weighted by molar-refractivity contribution is 7.97. The molecule has 0 spiro atoms. The highest BCUT2D eigenvalue weighted by Crippen LogP contribution is 2.37. The second-order valence-electron chi connectivity index (χ2n) is 9.34. The van der Waals surface area contributed by atoms with Gasteiger partial charge in [-0.05, 0) is 84.0 Å². The molecule has 0 amide bonds. The first kappa shape index (κ1) is 30.8. The van der Waals surface area contributed by atoms with Crippen LogP contribution < -0.4 is 0 Å². The molecule has 2 aromatic heterocycles. The van der Waals surface area contributed by atoms with Gasteiger partial charge in [-0.25, -0.2) is 9.97 Å². The van der Waals surface area contributed by atoms with E-state index < -0.39 is 11.9 Å². The standard InChI is InChI=1S/C30H36N2O4S4/c1-7-17-15-23-27(21(11-5)19(17)9-3)31-29(37-23)39-35-25(33)13-14-26(34)36-40-30-32-28-22(12-6)20(10-4)18(8-2)16-24(28)38-30/h15-16H,7-14H2,1-6H3. The lowest BCUT2D eigenvalue weighted by Crippen LogP contribution is -2.05. The van der Waals surface area contributed by atoms with Gasteiger partial charge in [-0.15, -0.1) is 22.7 Å². The molecule has 2 aromatic carbocycles. The van der Waals surface area contributed by atoms with Crippen molar-refractivity contribution in [2.45, 2.75) is 102 Å². The fraction of sp³-hybridized carbons (Fsp3) is 0.467. The molecule has 10 heteroatoms. The molecule has 0 saturated heterocycles. The van der Waals surface area contributed by atoms with Crippen LogP contribution in [0.25, 0.3) is 20.4 Å². The quantitative estimate of drug-likeness (QED) is 0.138. The van der Waals surface area contributed by atoms with Crippen molar-refractivity contribution in [1.29, 1.82) is 0 Å². The maximum Gasteiger partial charge on any atom is 0.318 e. The average molecular weight is 617 g/mol. The minimum Gasteiger partial charge on any atom is -0.383 e. The average Bonchev–Trinajstić information content (AvgIpc) is 3.58. The topological polar surface area (TPSA) is 78.4 Å². The molecule has 0 aliphatic heterocycles. The summed E-state index contributed by atoms with van der Waals surface area (Å²) in [7, 11) is 0. The lowest BCUT2D eigenvalue weighted by atomic mass is 9.95. The summed E-state index contributed by atoms with van der Waals surface area (Å²) >= 11 is 4.99. The number of rotatable bonds is 13. The van der Waals surface area contributed by atoms with Gasteiger partial charge >= 0.3 is 11.9 Å². The Bertz CT molecular complexity index is 1410. The van der Waals surface area contributed by atoms with Crippen molar-refractivity contribution in [3.63, 3.8) is 0 Å². The number of thiazole rings is 2. The van der Waals surface area contributed by atoms with Crippen LogP contribution in [0.4, 0.5) is 0 Å². The summed E-state index contributed by atoms with van der Waals surface area (Å²) in [4.78, 5) is 34.2. The molecule has 40 heavy (non-hydrogen) atoms. The summed E-state index contributed by atoms with van der Waals surface area (Å²) in [5.41, 5.74) is 10.0. The molecule has 2 heterocycles. The van der Waals surface area contributed by atoms with Gasteiger partial charge in [0, 0.05) is 0 Å². The van der Waals surface area contributed by atoms with Gasteiger partial charge in [0.2, 0.25) is 0 Å². The molecule has 0 unspecified atom stereocenters. The molecule has 0 radical (unpaired) electrons. The van der Waals surface area contributed by atoms with Crippen molar-refractivity contribution >= 4 is 79.1 Å². The number of aryl methyl sites for hydroxylation is 4. The van der Waals surface area contributed by atoms with E-state index in [0.717, 1.165) is 83.0 Å². The SMILES string of the molecule is CCc1cc2sc(SOC(=O)CCC(=O)OSc3nc4c(CC)c(CC)c(CC)cc4s3)nc2c(CC)c1CC. The summed E-state index contributed by atoms with van der Waals surface area (Å²) < 4.78 is 14.3. The molecule has 0 aliphatic rings. The number of carbonyl (C=O) groups is 2. The molecular formula is C30H36N2O4S4. The number of hydrogen-bond acceptors (Lipinski definition) is 10. The van der Waals surface area contributed by atoms with Gasteiger partial charge in [0.05, 0.1) is 33.3 Å². The molecule has 0 aliphatic carbocycles. The highest BCUT2D eigenvalue weighted by Gasteiger charge is 2.19. The third kappa shape index (κ3) is 6.66. The summed E-state index contributed by atoms with van der Waals surface area (Å²) in [6, 6.07) is 4.43. The summed E-state index contributed by atoms with van der Waals surface area (Å²) in [5, 5.41) is 0. The van der Waals surface area contributed by atoms with E-state index in [4.69, 9.17) is 18.3 Å². The summed E-state index contributed by atoms with van der Waals surface area (Å²) in [6.07, 6.45) is 5.62. The molecule has 4 rings (SSSR count). The Morgan fingerprint density at radius 3 is 1.32 bits per heavy atom. The van der Waals surface area contributed by atoms with Crippen molar-refractivity contribution in [3.8, 4) is 0 Å². The van der Waals surface area contributed by atoms with Crippen LogP contribution in [-0.2, 0) is 56.5 Å². The summed E-state index contributed by atoms with van der Waals surface area (Å²) in [6.45, 7) is 13.0. The molecule has 0 saturated carbocycles. The second-order valence-corrected chi connectivity index (χ2v) is 13.4. The van der Waals surface area contributed by atoms with Gasteiger partial charge in [-0.1, -0.05) is 41.5 Å². The first-order valence-electron chi connectivity index (χ1n) is 14.0. The fourth-order valence-corrected chi connectivity index (χ4v) is 8.56. The van der Waals surface area contributed by atoms with Crippen molar-refractivity contribution in [3.05, 3.63) is 45.5 Å². The molecule has 4 aromatic rings. The van der Waals surface area contributed by atoms with Crippen molar-refractivity contribution < 1.29 is 18.0 Å². The van der Waals surface area contributed by atoms with E-state index in [0.29, 0.717) is 8.68 Å². The van der Waals surface area contributed by atoms with Gasteiger partial charge in [0.1, 0.15) is 24.1 Å². The summed E-state index contributed by atoms with van der Waals surface area (Å²) in [5.74, 6) is -0.950. The lowest BCUT2D eigenvalue weighted by Gasteiger charge is -2.12. The van der Waals surface area contributed by atoms with E-state index in [2.05, 4.69) is 53.7 Å². The van der Waals surface area contributed by atoms with Gasteiger partial charge in [-0.3, -0.25) is 9.59 Å². The van der Waals surface area contributed by atoms with Crippen LogP contribution in [-0.4, -0.2) is 21.9 Å². The molecule has 214 valence electrons. The van der Waals surface area contributed by atoms with E-state index in [1.807, 2.05) is 0 Å². The molecule has 6 nitrogen and oxygen atoms in total. The Hall–Kier alpha value is -2.14. The van der Waals surface area contributed by atoms with Crippen LogP contribution in [0.3, 0.4) is 0 Å². The molecular weight excluding hydrogens is 581 g/mol. The smallest absolute Gasteiger partial charge is 0.318 e. The third-order valence-electron chi connectivity index (χ3n) is 7.07. The zero-order valence-corrected chi connectivity index (χ0v) is 27.2. The third-order valence-corrected chi connectivity index (χ3v) is 10.6. The van der Waals surface area contributed by atoms with Crippen LogP contribution in [0.5, 0.6) is 0 Å². The normalized spacial score (nSPS) is 11.4. The monoisotopic (exact) mass is 616 g/mol. The van der Waals surface area contributed by atoms with Gasteiger partial charge in [0.25, 0.3) is 0 Å². The van der Waals surface area contributed by atoms with Crippen molar-refractivity contribution in [1.82, 2.24) is 9.97 Å². The van der Waals surface area contributed by atoms with E-state index in [1.165, 1.54) is 56.1 Å². The molecule has 0 atom stereocenters. The second kappa shape index (κ2) is 14.2. The Morgan fingerprint density at radius 1 is 0.625 bits per heavy atom. The number of carbonyl (C=O) groups excluding carboxylic acids is 2. The molecule has 0 bridgehead atoms. The van der Waals surface area contributed by atoms with Gasteiger partial charge in [-0.2, -0.15) is 0 Å². The fourth-order valence-electron chi connectivity index (χ4n) is 5.21. The van der Waals surface area contributed by atoms with Crippen LogP contribution in [0.15, 0.2) is 20.8 Å². The van der Waals surface area contributed by atoms with E-state index >= 15 is 0 Å². The van der Waals surface area contributed by atoms with Gasteiger partial charge < -0.3 is 8.37 Å². The largest absolute Gasteiger partial charge is 0.383 e. The Balaban J connectivity index is 1.31. The van der Waals surface area contributed by atoms with Crippen LogP contribution in [0, 0.1) is 0 Å². The number of fused-ring (bicyclic) bond motifs is 2. The highest BCUT2D eigenvalue weighted by atomic mass is 32.2. The van der Waals surface area contributed by atoms with Crippen molar-refractivity contribution in [2.75, 3.05) is 0 Å². The van der Waals surface area contributed by atoms with E-state index in [9.17, 15) is 9.59 Å². The predicted molar refractivity (Wildman–Crippen MR) is 169 cm³/mol. The zero-order chi connectivity index (χ0) is 28.8. The minimum atomic E-state index is -0.475. The predicted octanol–water partition coefficient (Wildman–Crippen LogP) is 8.86. The number of benzene rings is 2. The van der Waals surface area contributed by atoms with E-state index in [1.54, 1.807) is 0 Å². The Morgan fingerprint density at radius 2 is 1.00 bits per heavy atom. The number of nitrogens with zero attached hydrogens (tertiary/aromatic N) is 2. The molecule has 0 fully saturated rings. The number of hydrogen-bond donors (Lipinski definition) is 0.